The van der Waals surface area contributed by atoms with E-state index in [-0.39, 0.29) is 29.2 Å². The summed E-state index contributed by atoms with van der Waals surface area (Å²) in [6.45, 7) is 2.01. The number of nitrogens with one attached hydrogen (secondary N) is 1. The number of halogens is 1. The molecule has 2 fully saturated rings. The fraction of sp³-hybridized carbons (Fsp3) is 0.480. The van der Waals surface area contributed by atoms with Crippen molar-refractivity contribution >= 4 is 5.97 Å². The maximum atomic E-state index is 13.4. The van der Waals surface area contributed by atoms with Gasteiger partial charge in [0.25, 0.3) is 0 Å². The van der Waals surface area contributed by atoms with Gasteiger partial charge in [0.1, 0.15) is 29.9 Å². The van der Waals surface area contributed by atoms with Gasteiger partial charge in [-0.05, 0) is 48.7 Å². The third kappa shape index (κ3) is 5.71. The molecule has 0 radical (unpaired) electrons. The van der Waals surface area contributed by atoms with E-state index in [0.29, 0.717) is 12.4 Å². The van der Waals surface area contributed by atoms with Crippen molar-refractivity contribution in [3.63, 3.8) is 0 Å². The zero-order valence-electron chi connectivity index (χ0n) is 19.6. The summed E-state index contributed by atoms with van der Waals surface area (Å²) < 4.78 is 35.5. The zero-order valence-corrected chi connectivity index (χ0v) is 19.6. The number of methoxy groups -OCH3 is 1. The molecule has 2 saturated heterocycles. The van der Waals surface area contributed by atoms with Crippen molar-refractivity contribution in [3.05, 3.63) is 53.8 Å². The lowest BCUT2D eigenvalue weighted by Crippen LogP contribution is -2.61. The molecule has 2 aromatic carbocycles. The summed E-state index contributed by atoms with van der Waals surface area (Å²) in [7, 11) is 1.40. The minimum atomic E-state index is -1.82. The van der Waals surface area contributed by atoms with Crippen molar-refractivity contribution in [2.75, 3.05) is 26.8 Å². The van der Waals surface area contributed by atoms with Crippen molar-refractivity contribution in [3.8, 4) is 17.2 Å². The number of carboxylic acid groups (broad SMARTS) is 1. The third-order valence-electron chi connectivity index (χ3n) is 6.56. The third-order valence-corrected chi connectivity index (χ3v) is 6.56. The summed E-state index contributed by atoms with van der Waals surface area (Å²) in [4.78, 5) is 11.3. The number of carbonyl (C=O) groups is 1. The summed E-state index contributed by atoms with van der Waals surface area (Å²) in [6, 6.07) is 11.2. The average molecular weight is 508 g/mol. The van der Waals surface area contributed by atoms with Crippen molar-refractivity contribution < 1.29 is 48.6 Å². The predicted molar refractivity (Wildman–Crippen MR) is 124 cm³/mol. The van der Waals surface area contributed by atoms with Gasteiger partial charge in [-0.2, -0.15) is 0 Å². The number of ether oxygens (including phenoxy) is 4. The van der Waals surface area contributed by atoms with Crippen molar-refractivity contribution in [2.45, 2.75) is 43.0 Å². The molecule has 2 aromatic rings. The first-order valence-electron chi connectivity index (χ1n) is 11.6. The van der Waals surface area contributed by atoms with Gasteiger partial charge in [0, 0.05) is 18.5 Å². The van der Waals surface area contributed by atoms with Gasteiger partial charge in [0.05, 0.1) is 13.7 Å². The molecule has 196 valence electrons. The Kier molecular flexibility index (Phi) is 8.27. The number of carboxylic acids is 1. The van der Waals surface area contributed by atoms with Gasteiger partial charge in [-0.25, -0.2) is 9.18 Å². The first kappa shape index (κ1) is 26.1. The van der Waals surface area contributed by atoms with E-state index in [9.17, 15) is 29.6 Å². The van der Waals surface area contributed by atoms with Gasteiger partial charge in [-0.1, -0.05) is 12.1 Å². The first-order valence-corrected chi connectivity index (χ1v) is 11.6. The lowest BCUT2D eigenvalue weighted by Gasteiger charge is -2.38. The molecule has 5 N–H and O–H groups in total. The Hall–Kier alpha value is -2.96. The molecule has 0 aliphatic carbocycles. The molecule has 36 heavy (non-hydrogen) atoms. The van der Waals surface area contributed by atoms with E-state index in [4.69, 9.17) is 18.9 Å². The fourth-order valence-corrected chi connectivity index (χ4v) is 4.56. The standard InChI is InChI=1S/C25H30FNO9/c1-33-19-10-16(34-12-14-11-27-9-8-17(14)13-2-4-15(26)5-3-13)6-7-18(19)35-25-22(30)20(28)21(29)23(36-25)24(31)32/h2-7,10,14,17,20-23,25,27-30H,8-9,11-12H2,1H3,(H,31,32)/t14-,17-,20-,21-,22+,23-,25+/m0/s1. The van der Waals surface area contributed by atoms with Gasteiger partial charge in [-0.3, -0.25) is 0 Å². The van der Waals surface area contributed by atoms with Gasteiger partial charge in [-0.15, -0.1) is 0 Å². The molecule has 10 nitrogen and oxygen atoms in total. The molecule has 0 saturated carbocycles. The molecular weight excluding hydrogens is 477 g/mol. The van der Waals surface area contributed by atoms with Crippen molar-refractivity contribution in [2.24, 2.45) is 5.92 Å². The predicted octanol–water partition coefficient (Wildman–Crippen LogP) is 0.877. The van der Waals surface area contributed by atoms with Crippen LogP contribution in [0.4, 0.5) is 4.39 Å². The second-order valence-electron chi connectivity index (χ2n) is 8.89. The Labute approximate surface area is 207 Å². The highest BCUT2D eigenvalue weighted by Crippen LogP contribution is 2.36. The largest absolute Gasteiger partial charge is 0.493 e. The Morgan fingerprint density at radius 3 is 2.53 bits per heavy atom. The molecule has 0 unspecified atom stereocenters. The maximum Gasteiger partial charge on any atom is 0.335 e. The van der Waals surface area contributed by atoms with E-state index >= 15 is 0 Å². The Morgan fingerprint density at radius 1 is 1.08 bits per heavy atom. The van der Waals surface area contributed by atoms with Crippen LogP contribution in [0.15, 0.2) is 42.5 Å². The van der Waals surface area contributed by atoms with Gasteiger partial charge >= 0.3 is 5.97 Å². The van der Waals surface area contributed by atoms with E-state index in [1.807, 2.05) is 0 Å². The summed E-state index contributed by atoms with van der Waals surface area (Å²) in [5, 5.41) is 42.6. The van der Waals surface area contributed by atoms with E-state index in [1.165, 1.54) is 25.3 Å². The smallest absolute Gasteiger partial charge is 0.335 e. The highest BCUT2D eigenvalue weighted by molar-refractivity contribution is 5.73. The fourth-order valence-electron chi connectivity index (χ4n) is 4.56. The van der Waals surface area contributed by atoms with E-state index < -0.39 is 36.7 Å². The van der Waals surface area contributed by atoms with Crippen LogP contribution in [0.1, 0.15) is 17.9 Å². The quantitative estimate of drug-likeness (QED) is 0.349. The number of piperidine rings is 1. The van der Waals surface area contributed by atoms with E-state index in [0.717, 1.165) is 25.1 Å². The molecule has 4 rings (SSSR count). The summed E-state index contributed by atoms with van der Waals surface area (Å²) in [6.07, 6.45) is -7.73. The van der Waals surface area contributed by atoms with E-state index in [1.54, 1.807) is 24.3 Å². The monoisotopic (exact) mass is 507 g/mol. The molecule has 2 aliphatic heterocycles. The molecule has 0 amide bonds. The van der Waals surface area contributed by atoms with Crippen LogP contribution in [-0.2, 0) is 9.53 Å². The molecule has 0 bridgehead atoms. The highest BCUT2D eigenvalue weighted by Gasteiger charge is 2.48. The van der Waals surface area contributed by atoms with Crippen LogP contribution in [0, 0.1) is 11.7 Å². The number of aliphatic hydroxyl groups excluding tert-OH is 3. The number of hydrogen-bond donors (Lipinski definition) is 5. The Bertz CT molecular complexity index is 1040. The maximum absolute atomic E-state index is 13.4. The lowest BCUT2D eigenvalue weighted by atomic mass is 9.81. The molecule has 0 aromatic heterocycles. The minimum Gasteiger partial charge on any atom is -0.493 e. The van der Waals surface area contributed by atoms with E-state index in [2.05, 4.69) is 5.32 Å². The molecule has 0 spiro atoms. The Balaban J connectivity index is 1.43. The first-order chi connectivity index (χ1) is 17.3. The van der Waals surface area contributed by atoms with Crippen LogP contribution in [-0.4, -0.2) is 83.9 Å². The van der Waals surface area contributed by atoms with Crippen LogP contribution in [0.3, 0.4) is 0 Å². The summed E-state index contributed by atoms with van der Waals surface area (Å²) in [5.41, 5.74) is 1.06. The summed E-state index contributed by atoms with van der Waals surface area (Å²) in [5.74, 6) is -0.577. The summed E-state index contributed by atoms with van der Waals surface area (Å²) >= 11 is 0. The molecule has 7 atom stereocenters. The number of hydrogen-bond acceptors (Lipinski definition) is 9. The SMILES string of the molecule is COc1cc(OC[C@@H]2CNCC[C@H]2c2ccc(F)cc2)ccc1O[C@@H]1O[C@H](C(=O)O)[C@@H](O)[C@H](O)[C@H]1O. The van der Waals surface area contributed by atoms with Gasteiger partial charge < -0.3 is 44.7 Å². The second-order valence-corrected chi connectivity index (χ2v) is 8.89. The molecule has 11 heteroatoms. The minimum absolute atomic E-state index is 0.116. The highest BCUT2D eigenvalue weighted by atomic mass is 19.1. The van der Waals surface area contributed by atoms with Crippen LogP contribution in [0.2, 0.25) is 0 Å². The zero-order chi connectivity index (χ0) is 25.8. The average Bonchev–Trinajstić information content (AvgIpc) is 2.88. The molecule has 2 aliphatic rings. The normalized spacial score (nSPS) is 30.4. The van der Waals surface area contributed by atoms with Crippen LogP contribution < -0.4 is 19.5 Å². The molecule has 2 heterocycles. The number of rotatable bonds is 8. The number of benzene rings is 2. The van der Waals surface area contributed by atoms with Crippen LogP contribution in [0.25, 0.3) is 0 Å². The topological polar surface area (TPSA) is 147 Å². The van der Waals surface area contributed by atoms with Crippen LogP contribution in [0.5, 0.6) is 17.2 Å². The van der Waals surface area contributed by atoms with Crippen LogP contribution >= 0.6 is 0 Å². The lowest BCUT2D eigenvalue weighted by molar-refractivity contribution is -0.271. The number of aliphatic carboxylic acids is 1. The van der Waals surface area contributed by atoms with Crippen molar-refractivity contribution in [1.82, 2.24) is 5.32 Å². The van der Waals surface area contributed by atoms with Gasteiger partial charge in [0.2, 0.25) is 6.29 Å². The van der Waals surface area contributed by atoms with Crippen molar-refractivity contribution in [1.29, 1.82) is 0 Å². The number of aliphatic hydroxyl groups is 3. The second kappa shape index (κ2) is 11.4. The molecular formula is C25H30FNO9. The van der Waals surface area contributed by atoms with Gasteiger partial charge in [0.15, 0.2) is 17.6 Å². The Morgan fingerprint density at radius 2 is 1.83 bits per heavy atom.